The van der Waals surface area contributed by atoms with Crippen molar-refractivity contribution in [2.24, 2.45) is 5.73 Å². The molecule has 1 saturated heterocycles. The van der Waals surface area contributed by atoms with Crippen LogP contribution >= 0.6 is 0 Å². The number of ether oxygens (including phenoxy) is 1. The van der Waals surface area contributed by atoms with Gasteiger partial charge in [0.1, 0.15) is 5.60 Å². The molecule has 4 nitrogen and oxygen atoms in total. The number of likely N-dealkylation sites (tertiary alicyclic amines) is 1. The first-order chi connectivity index (χ1) is 6.83. The van der Waals surface area contributed by atoms with Crippen LogP contribution in [0, 0.1) is 0 Å². The molecule has 0 radical (unpaired) electrons. The van der Waals surface area contributed by atoms with E-state index < -0.39 is 5.60 Å². The molecule has 1 fully saturated rings. The second-order valence-electron chi connectivity index (χ2n) is 5.19. The number of carbonyl (C=O) groups is 1. The van der Waals surface area contributed by atoms with Crippen LogP contribution in [0.1, 0.15) is 40.5 Å². The minimum Gasteiger partial charge on any atom is -0.444 e. The second-order valence-corrected chi connectivity index (χ2v) is 5.19. The summed E-state index contributed by atoms with van der Waals surface area (Å²) in [5, 5.41) is 0. The van der Waals surface area contributed by atoms with Crippen LogP contribution in [0.4, 0.5) is 4.79 Å². The van der Waals surface area contributed by atoms with Crippen molar-refractivity contribution in [1.29, 1.82) is 0 Å². The summed E-state index contributed by atoms with van der Waals surface area (Å²) in [4.78, 5) is 13.6. The fourth-order valence-corrected chi connectivity index (χ4v) is 1.88. The number of nitrogens with two attached hydrogens (primary N) is 1. The molecule has 0 unspecified atom stereocenters. The average Bonchev–Trinajstić information content (AvgIpc) is 2.43. The summed E-state index contributed by atoms with van der Waals surface area (Å²) < 4.78 is 5.33. The maximum atomic E-state index is 11.8. The number of nitrogens with zero attached hydrogens (tertiary/aromatic N) is 1. The molecular formula is C11H22N2O2. The van der Waals surface area contributed by atoms with Crippen molar-refractivity contribution in [3.05, 3.63) is 0 Å². The fourth-order valence-electron chi connectivity index (χ4n) is 1.88. The van der Waals surface area contributed by atoms with Crippen LogP contribution in [0.2, 0.25) is 0 Å². The molecular weight excluding hydrogens is 192 g/mol. The van der Waals surface area contributed by atoms with Gasteiger partial charge in [0.15, 0.2) is 0 Å². The van der Waals surface area contributed by atoms with Crippen LogP contribution in [0.15, 0.2) is 0 Å². The third kappa shape index (κ3) is 3.38. The van der Waals surface area contributed by atoms with Crippen LogP contribution in [-0.2, 0) is 4.74 Å². The Hall–Kier alpha value is -0.770. The Morgan fingerprint density at radius 1 is 1.53 bits per heavy atom. The van der Waals surface area contributed by atoms with Gasteiger partial charge in [-0.1, -0.05) is 6.92 Å². The largest absolute Gasteiger partial charge is 0.444 e. The molecule has 0 saturated carbocycles. The van der Waals surface area contributed by atoms with E-state index in [9.17, 15) is 4.79 Å². The molecule has 1 rings (SSSR count). The van der Waals surface area contributed by atoms with Gasteiger partial charge >= 0.3 is 6.09 Å². The van der Waals surface area contributed by atoms with Crippen LogP contribution in [0.25, 0.3) is 0 Å². The maximum absolute atomic E-state index is 11.8. The molecule has 4 heteroatoms. The molecule has 1 heterocycles. The monoisotopic (exact) mass is 214 g/mol. The molecule has 0 aliphatic carbocycles. The third-order valence-electron chi connectivity index (χ3n) is 2.55. The minimum atomic E-state index is -0.429. The van der Waals surface area contributed by atoms with Crippen molar-refractivity contribution < 1.29 is 9.53 Å². The zero-order valence-corrected chi connectivity index (χ0v) is 10.1. The second kappa shape index (κ2) is 4.39. The summed E-state index contributed by atoms with van der Waals surface area (Å²) in [6.45, 7) is 8.32. The lowest BCUT2D eigenvalue weighted by Crippen LogP contribution is -2.40. The highest BCUT2D eigenvalue weighted by molar-refractivity contribution is 5.69. The number of rotatable bonds is 1. The Labute approximate surface area is 91.8 Å². The summed E-state index contributed by atoms with van der Waals surface area (Å²) in [6, 6.07) is 0.345. The van der Waals surface area contributed by atoms with E-state index >= 15 is 0 Å². The van der Waals surface area contributed by atoms with Crippen LogP contribution in [0.3, 0.4) is 0 Å². The first-order valence-corrected chi connectivity index (χ1v) is 5.58. The highest BCUT2D eigenvalue weighted by atomic mass is 16.6. The summed E-state index contributed by atoms with van der Waals surface area (Å²) in [6.07, 6.45) is 1.59. The Bertz CT molecular complexity index is 235. The Kier molecular flexibility index (Phi) is 3.60. The van der Waals surface area contributed by atoms with Gasteiger partial charge in [0.25, 0.3) is 0 Å². The highest BCUT2D eigenvalue weighted by Gasteiger charge is 2.34. The van der Waals surface area contributed by atoms with E-state index in [0.717, 1.165) is 12.8 Å². The predicted octanol–water partition coefficient (Wildman–Crippen LogP) is 1.73. The van der Waals surface area contributed by atoms with Gasteiger partial charge in [-0.25, -0.2) is 4.79 Å². The van der Waals surface area contributed by atoms with E-state index in [1.54, 1.807) is 4.90 Å². The first-order valence-electron chi connectivity index (χ1n) is 5.58. The first kappa shape index (κ1) is 12.3. The van der Waals surface area contributed by atoms with Gasteiger partial charge in [0.05, 0.1) is 0 Å². The lowest BCUT2D eigenvalue weighted by molar-refractivity contribution is 0.0222. The van der Waals surface area contributed by atoms with E-state index in [-0.39, 0.29) is 18.2 Å². The molecule has 2 N–H and O–H groups in total. The van der Waals surface area contributed by atoms with Gasteiger partial charge in [-0.3, -0.25) is 0 Å². The predicted molar refractivity (Wildman–Crippen MR) is 59.6 cm³/mol. The lowest BCUT2D eigenvalue weighted by Gasteiger charge is -2.27. The summed E-state index contributed by atoms with van der Waals surface area (Å²) in [5.41, 5.74) is 5.41. The van der Waals surface area contributed by atoms with Crippen molar-refractivity contribution in [3.63, 3.8) is 0 Å². The molecule has 2 atom stereocenters. The maximum Gasteiger partial charge on any atom is 0.410 e. The zero-order chi connectivity index (χ0) is 11.6. The molecule has 0 spiro atoms. The Balaban J connectivity index is 2.59. The van der Waals surface area contributed by atoms with Gasteiger partial charge in [-0.2, -0.15) is 0 Å². The van der Waals surface area contributed by atoms with E-state index in [1.807, 2.05) is 20.8 Å². The summed E-state index contributed by atoms with van der Waals surface area (Å²) in [5.74, 6) is 0. The quantitative estimate of drug-likeness (QED) is 0.723. The SMILES string of the molecule is CC[C@H]1C[C@@H](N)CN1C(=O)OC(C)(C)C. The standard InChI is InChI=1S/C11H22N2O2/c1-5-9-6-8(12)7-13(9)10(14)15-11(2,3)4/h8-9H,5-7,12H2,1-4H3/t8-,9+/m1/s1. The minimum absolute atomic E-state index is 0.0995. The van der Waals surface area contributed by atoms with Crippen LogP contribution in [0.5, 0.6) is 0 Å². The number of amides is 1. The van der Waals surface area contributed by atoms with E-state index in [0.29, 0.717) is 6.54 Å². The number of hydrogen-bond acceptors (Lipinski definition) is 3. The molecule has 0 aromatic carbocycles. The molecule has 1 aliphatic heterocycles. The fraction of sp³-hybridized carbons (Fsp3) is 0.909. The van der Waals surface area contributed by atoms with E-state index in [1.165, 1.54) is 0 Å². The molecule has 1 amide bonds. The van der Waals surface area contributed by atoms with E-state index in [2.05, 4.69) is 6.92 Å². The van der Waals surface area contributed by atoms with Crippen molar-refractivity contribution in [2.45, 2.75) is 58.2 Å². The Morgan fingerprint density at radius 3 is 2.60 bits per heavy atom. The topological polar surface area (TPSA) is 55.6 Å². The third-order valence-corrected chi connectivity index (χ3v) is 2.55. The van der Waals surface area contributed by atoms with Gasteiger partial charge in [0.2, 0.25) is 0 Å². The average molecular weight is 214 g/mol. The van der Waals surface area contributed by atoms with E-state index in [4.69, 9.17) is 10.5 Å². The molecule has 0 aromatic rings. The number of hydrogen-bond donors (Lipinski definition) is 1. The van der Waals surface area contributed by atoms with Crippen molar-refractivity contribution in [1.82, 2.24) is 4.90 Å². The number of carbonyl (C=O) groups excluding carboxylic acids is 1. The smallest absolute Gasteiger partial charge is 0.410 e. The summed E-state index contributed by atoms with van der Waals surface area (Å²) in [7, 11) is 0. The molecule has 88 valence electrons. The molecule has 15 heavy (non-hydrogen) atoms. The molecule has 1 aliphatic rings. The van der Waals surface area contributed by atoms with Gasteiger partial charge in [0, 0.05) is 18.6 Å². The highest BCUT2D eigenvalue weighted by Crippen LogP contribution is 2.22. The summed E-state index contributed by atoms with van der Waals surface area (Å²) >= 11 is 0. The Morgan fingerprint density at radius 2 is 2.13 bits per heavy atom. The lowest BCUT2D eigenvalue weighted by atomic mass is 10.1. The zero-order valence-electron chi connectivity index (χ0n) is 10.1. The van der Waals surface area contributed by atoms with Crippen molar-refractivity contribution in [2.75, 3.05) is 6.54 Å². The normalized spacial score (nSPS) is 26.9. The van der Waals surface area contributed by atoms with Gasteiger partial charge in [-0.05, 0) is 33.6 Å². The van der Waals surface area contributed by atoms with Crippen molar-refractivity contribution >= 4 is 6.09 Å². The van der Waals surface area contributed by atoms with Crippen LogP contribution < -0.4 is 5.73 Å². The van der Waals surface area contributed by atoms with Crippen molar-refractivity contribution in [3.8, 4) is 0 Å². The van der Waals surface area contributed by atoms with Gasteiger partial charge in [-0.15, -0.1) is 0 Å². The van der Waals surface area contributed by atoms with Crippen LogP contribution in [-0.4, -0.2) is 35.2 Å². The van der Waals surface area contributed by atoms with Gasteiger partial charge < -0.3 is 15.4 Å². The molecule has 0 aromatic heterocycles. The molecule has 0 bridgehead atoms.